The lowest BCUT2D eigenvalue weighted by molar-refractivity contribution is -0.757. The Labute approximate surface area is 162 Å². The van der Waals surface area contributed by atoms with Crippen LogP contribution in [0.3, 0.4) is 0 Å². The minimum Gasteiger partial charge on any atom is -0.460 e. The number of nitrogens with zero attached hydrogens (tertiary/aromatic N) is 4. The number of dihydropyridines is 1. The number of nitro groups is 1. The molecule has 152 valence electrons. The molecule has 1 aromatic carbocycles. The Morgan fingerprint density at radius 3 is 2.66 bits per heavy atom. The van der Waals surface area contributed by atoms with Crippen molar-refractivity contribution < 1.29 is 29.0 Å². The van der Waals surface area contributed by atoms with Crippen molar-refractivity contribution >= 4 is 17.0 Å². The zero-order valence-electron chi connectivity index (χ0n) is 15.3. The molecular formula is C16H15N5O8. The molecular weight excluding hydrogens is 390 g/mol. The van der Waals surface area contributed by atoms with Crippen molar-refractivity contribution in [1.82, 2.24) is 15.6 Å². The van der Waals surface area contributed by atoms with Crippen molar-refractivity contribution in [3.63, 3.8) is 0 Å². The molecule has 13 heteroatoms. The molecule has 0 saturated carbocycles. The van der Waals surface area contributed by atoms with Gasteiger partial charge in [0.25, 0.3) is 10.8 Å². The third-order valence-corrected chi connectivity index (χ3v) is 4.28. The number of rotatable bonds is 7. The van der Waals surface area contributed by atoms with Crippen molar-refractivity contribution in [2.24, 2.45) is 0 Å². The summed E-state index contributed by atoms with van der Waals surface area (Å²) in [5, 5.41) is 31.3. The Bertz CT molecular complexity index is 1060. The summed E-state index contributed by atoms with van der Waals surface area (Å²) < 4.78 is 9.77. The first-order chi connectivity index (χ1) is 13.8. The number of allylic oxidation sites excluding steroid dienone is 3. The van der Waals surface area contributed by atoms with Gasteiger partial charge in [-0.3, -0.25) is 10.1 Å². The van der Waals surface area contributed by atoms with Crippen LogP contribution in [-0.4, -0.2) is 39.5 Å². The number of ether oxygens (including phenoxy) is 1. The van der Waals surface area contributed by atoms with Gasteiger partial charge in [0, 0.05) is 11.3 Å². The van der Waals surface area contributed by atoms with Crippen molar-refractivity contribution in [2.45, 2.75) is 19.8 Å². The Morgan fingerprint density at radius 2 is 1.97 bits per heavy atom. The van der Waals surface area contributed by atoms with Crippen LogP contribution in [0.1, 0.15) is 25.3 Å². The predicted molar refractivity (Wildman–Crippen MR) is 94.0 cm³/mol. The maximum atomic E-state index is 12.7. The zero-order valence-corrected chi connectivity index (χ0v) is 15.3. The number of nitrogens with one attached hydrogen (secondary N) is 1. The van der Waals surface area contributed by atoms with Crippen molar-refractivity contribution in [2.75, 3.05) is 13.2 Å². The highest BCUT2D eigenvalue weighted by Crippen LogP contribution is 2.40. The summed E-state index contributed by atoms with van der Waals surface area (Å²) >= 11 is 0. The highest BCUT2D eigenvalue weighted by Gasteiger charge is 2.42. The monoisotopic (exact) mass is 405 g/mol. The summed E-state index contributed by atoms with van der Waals surface area (Å²) in [5.41, 5.74) is 1.26. The molecule has 1 aliphatic rings. The maximum Gasteiger partial charge on any atom is 0.337 e. The number of benzene rings is 1. The van der Waals surface area contributed by atoms with Crippen LogP contribution < -0.4 is 5.32 Å². The third kappa shape index (κ3) is 3.83. The van der Waals surface area contributed by atoms with E-state index < -0.39 is 35.1 Å². The van der Waals surface area contributed by atoms with Gasteiger partial charge in [0.15, 0.2) is 0 Å². The van der Waals surface area contributed by atoms with Gasteiger partial charge >= 0.3 is 5.97 Å². The maximum absolute atomic E-state index is 12.7. The van der Waals surface area contributed by atoms with E-state index >= 15 is 0 Å². The summed E-state index contributed by atoms with van der Waals surface area (Å²) in [6.07, 6.45) is 0. The molecule has 3 rings (SSSR count). The van der Waals surface area contributed by atoms with Crippen molar-refractivity contribution in [1.29, 1.82) is 0 Å². The second kappa shape index (κ2) is 7.92. The highest BCUT2D eigenvalue weighted by molar-refractivity contribution is 5.94. The van der Waals surface area contributed by atoms with Gasteiger partial charge in [-0.1, -0.05) is 12.1 Å². The normalized spacial score (nSPS) is 16.6. The number of aromatic nitrogens is 2. The Balaban J connectivity index is 2.04. The molecule has 0 spiro atoms. The van der Waals surface area contributed by atoms with Gasteiger partial charge in [-0.25, -0.2) is 9.42 Å². The first kappa shape index (κ1) is 19.7. The molecule has 0 amide bonds. The Hall–Kier alpha value is -4.03. The molecule has 1 atom stereocenters. The predicted octanol–water partition coefficient (Wildman–Crippen LogP) is 1.44. The molecule has 0 radical (unpaired) electrons. The smallest absolute Gasteiger partial charge is 0.337 e. The van der Waals surface area contributed by atoms with Gasteiger partial charge in [-0.15, -0.1) is 10.1 Å². The zero-order chi connectivity index (χ0) is 21.1. The highest BCUT2D eigenvalue weighted by atomic mass is 17.0. The van der Waals surface area contributed by atoms with Gasteiger partial charge in [-0.2, -0.15) is 0 Å². The van der Waals surface area contributed by atoms with E-state index in [0.29, 0.717) is 16.8 Å². The second-order valence-corrected chi connectivity index (χ2v) is 6.04. The fourth-order valence-corrected chi connectivity index (χ4v) is 3.18. The summed E-state index contributed by atoms with van der Waals surface area (Å²) in [4.78, 5) is 38.3. The molecule has 2 heterocycles. The van der Waals surface area contributed by atoms with Crippen LogP contribution in [0.15, 0.2) is 45.5 Å². The summed E-state index contributed by atoms with van der Waals surface area (Å²) in [6, 6.07) is 4.80. The van der Waals surface area contributed by atoms with E-state index in [9.17, 15) is 25.0 Å². The van der Waals surface area contributed by atoms with Crippen molar-refractivity contribution in [3.05, 3.63) is 66.7 Å². The van der Waals surface area contributed by atoms with Crippen LogP contribution in [0.4, 0.5) is 0 Å². The topological polar surface area (TPSA) is 173 Å². The quantitative estimate of drug-likeness (QED) is 0.305. The molecule has 0 fully saturated rings. The number of carbonyl (C=O) groups is 1. The minimum absolute atomic E-state index is 0.0288. The summed E-state index contributed by atoms with van der Waals surface area (Å²) in [7, 11) is 0. The van der Waals surface area contributed by atoms with Gasteiger partial charge < -0.3 is 14.9 Å². The van der Waals surface area contributed by atoms with Crippen LogP contribution in [-0.2, 0) is 14.4 Å². The van der Waals surface area contributed by atoms with E-state index in [2.05, 4.69) is 20.5 Å². The fraction of sp³-hybridized carbons (Fsp3) is 0.312. The van der Waals surface area contributed by atoms with Crippen LogP contribution in [0, 0.1) is 20.2 Å². The number of carbonyl (C=O) groups excluding carboxylic acids is 1. The molecule has 0 saturated heterocycles. The second-order valence-electron chi connectivity index (χ2n) is 6.04. The molecule has 2 aromatic rings. The largest absolute Gasteiger partial charge is 0.460 e. The SMILES string of the molecule is CC1=C(C(=O)OCCO[N+](=O)[O-])[C@H](c2cccc3nonc23)C([N+](=O)[O-])=C(C)N1. The lowest BCUT2D eigenvalue weighted by Gasteiger charge is -2.26. The van der Waals surface area contributed by atoms with Crippen LogP contribution in [0.25, 0.3) is 11.0 Å². The summed E-state index contributed by atoms with van der Waals surface area (Å²) in [5.74, 6) is -2.00. The number of esters is 1. The first-order valence-electron chi connectivity index (χ1n) is 8.29. The summed E-state index contributed by atoms with van der Waals surface area (Å²) in [6.45, 7) is 2.21. The number of hydrogen-bond donors (Lipinski definition) is 1. The Kier molecular flexibility index (Phi) is 5.38. The first-order valence-corrected chi connectivity index (χ1v) is 8.29. The van der Waals surface area contributed by atoms with Gasteiger partial charge in [0.05, 0.1) is 16.2 Å². The van der Waals surface area contributed by atoms with Crippen molar-refractivity contribution in [3.8, 4) is 0 Å². The van der Waals surface area contributed by atoms with E-state index in [-0.39, 0.29) is 22.5 Å². The van der Waals surface area contributed by atoms with E-state index in [4.69, 9.17) is 9.37 Å². The van der Waals surface area contributed by atoms with E-state index in [1.165, 1.54) is 6.92 Å². The molecule has 13 nitrogen and oxygen atoms in total. The lowest BCUT2D eigenvalue weighted by Crippen LogP contribution is -2.32. The molecule has 1 aliphatic heterocycles. The van der Waals surface area contributed by atoms with Gasteiger partial charge in [0.2, 0.25) is 0 Å². The molecule has 0 unspecified atom stereocenters. The molecule has 0 aliphatic carbocycles. The minimum atomic E-state index is -1.12. The molecule has 29 heavy (non-hydrogen) atoms. The molecule has 0 bridgehead atoms. The number of hydrogen-bond acceptors (Lipinski definition) is 11. The fourth-order valence-electron chi connectivity index (χ4n) is 3.18. The standard InChI is InChI=1S/C16H15N5O8/c1-8-12(16(22)27-6-7-28-21(25)26)13(15(20(23)24)9(2)17-8)10-4-3-5-11-14(10)19-29-18-11/h3-5,13,17H,6-7H2,1-2H3/t13-/m0/s1. The number of fused-ring (bicyclic) bond motifs is 1. The van der Waals surface area contributed by atoms with Gasteiger partial charge in [0.1, 0.15) is 30.2 Å². The van der Waals surface area contributed by atoms with E-state index in [1.54, 1.807) is 25.1 Å². The molecule has 1 N–H and O–H groups in total. The van der Waals surface area contributed by atoms with Crippen LogP contribution >= 0.6 is 0 Å². The van der Waals surface area contributed by atoms with Gasteiger partial charge in [-0.05, 0) is 30.2 Å². The van der Waals surface area contributed by atoms with Crippen LogP contribution in [0.2, 0.25) is 0 Å². The average molecular weight is 405 g/mol. The van der Waals surface area contributed by atoms with E-state index in [1.807, 2.05) is 0 Å². The van der Waals surface area contributed by atoms with Crippen LogP contribution in [0.5, 0.6) is 0 Å². The molecule has 1 aromatic heterocycles. The van der Waals surface area contributed by atoms with E-state index in [0.717, 1.165) is 0 Å². The lowest BCUT2D eigenvalue weighted by atomic mass is 9.83. The third-order valence-electron chi connectivity index (χ3n) is 4.28. The Morgan fingerprint density at radius 1 is 1.21 bits per heavy atom. The average Bonchev–Trinajstić information content (AvgIpc) is 3.12.